The number of methoxy groups -OCH3 is 1. The van der Waals surface area contributed by atoms with Crippen LogP contribution >= 0.6 is 15.9 Å². The monoisotopic (exact) mass is 297 g/mol. The Morgan fingerprint density at radius 1 is 1.53 bits per heavy atom. The van der Waals surface area contributed by atoms with E-state index in [-0.39, 0.29) is 12.4 Å². The van der Waals surface area contributed by atoms with Crippen LogP contribution in [-0.2, 0) is 16.0 Å². The van der Waals surface area contributed by atoms with Crippen LogP contribution in [-0.4, -0.2) is 19.7 Å². The summed E-state index contributed by atoms with van der Waals surface area (Å²) >= 11 is 3.29. The zero-order valence-electron chi connectivity index (χ0n) is 9.62. The largest absolute Gasteiger partial charge is 0.496 e. The van der Waals surface area contributed by atoms with Crippen LogP contribution in [0.4, 0.5) is 0 Å². The van der Waals surface area contributed by atoms with Crippen molar-refractivity contribution in [1.82, 2.24) is 0 Å². The summed E-state index contributed by atoms with van der Waals surface area (Å²) in [6, 6.07) is 5.34. The SMILES string of the molecule is CCOC(=O)Cc1cc(OC)c(Br)cc1C#N. The number of carbonyl (C=O) groups is 1. The van der Waals surface area contributed by atoms with Crippen LogP contribution in [0.3, 0.4) is 0 Å². The molecule has 0 aliphatic heterocycles. The van der Waals surface area contributed by atoms with Crippen molar-refractivity contribution in [3.8, 4) is 11.8 Å². The number of nitriles is 1. The highest BCUT2D eigenvalue weighted by Crippen LogP contribution is 2.28. The van der Waals surface area contributed by atoms with Gasteiger partial charge in [-0.15, -0.1) is 0 Å². The minimum atomic E-state index is -0.353. The number of hydrogen-bond donors (Lipinski definition) is 0. The number of esters is 1. The molecular weight excluding hydrogens is 286 g/mol. The lowest BCUT2D eigenvalue weighted by atomic mass is 10.1. The summed E-state index contributed by atoms with van der Waals surface area (Å²) in [5, 5.41) is 8.99. The highest BCUT2D eigenvalue weighted by molar-refractivity contribution is 9.10. The first-order valence-corrected chi connectivity index (χ1v) is 5.83. The molecule has 0 aromatic heterocycles. The molecule has 0 unspecified atom stereocenters. The summed E-state index contributed by atoms with van der Waals surface area (Å²) in [6.45, 7) is 2.07. The lowest BCUT2D eigenvalue weighted by Crippen LogP contribution is -2.09. The lowest BCUT2D eigenvalue weighted by Gasteiger charge is -2.08. The average Bonchev–Trinajstić information content (AvgIpc) is 2.31. The van der Waals surface area contributed by atoms with Gasteiger partial charge in [0.1, 0.15) is 5.75 Å². The van der Waals surface area contributed by atoms with Crippen LogP contribution in [0.5, 0.6) is 5.75 Å². The molecule has 0 saturated heterocycles. The maximum atomic E-state index is 11.4. The van der Waals surface area contributed by atoms with Crippen molar-refractivity contribution in [3.63, 3.8) is 0 Å². The molecule has 1 aromatic carbocycles. The number of rotatable bonds is 4. The summed E-state index contributed by atoms with van der Waals surface area (Å²) in [5.74, 6) is 0.233. The number of nitrogens with zero attached hydrogens (tertiary/aromatic N) is 1. The standard InChI is InChI=1S/C12H12BrNO3/c1-3-17-12(15)6-8-5-11(16-2)10(13)4-9(8)7-14/h4-5H,3,6H2,1-2H3. The molecule has 17 heavy (non-hydrogen) atoms. The topological polar surface area (TPSA) is 59.3 Å². The summed E-state index contributed by atoms with van der Waals surface area (Å²) < 4.78 is 10.7. The van der Waals surface area contributed by atoms with Gasteiger partial charge < -0.3 is 9.47 Å². The molecule has 0 spiro atoms. The first kappa shape index (κ1) is 13.5. The second-order valence-electron chi connectivity index (χ2n) is 3.24. The molecule has 0 fully saturated rings. The predicted molar refractivity (Wildman–Crippen MR) is 65.7 cm³/mol. The Bertz CT molecular complexity index is 466. The van der Waals surface area contributed by atoms with E-state index in [1.54, 1.807) is 19.1 Å². The Hall–Kier alpha value is -1.54. The predicted octanol–water partition coefficient (Wildman–Crippen LogP) is 2.43. The molecule has 0 N–H and O–H groups in total. The second kappa shape index (κ2) is 6.26. The van der Waals surface area contributed by atoms with Gasteiger partial charge in [-0.05, 0) is 40.5 Å². The molecule has 0 heterocycles. The van der Waals surface area contributed by atoms with Crippen LogP contribution in [0.15, 0.2) is 16.6 Å². The van der Waals surface area contributed by atoms with Crippen molar-refractivity contribution >= 4 is 21.9 Å². The van der Waals surface area contributed by atoms with E-state index < -0.39 is 0 Å². The number of benzene rings is 1. The number of carbonyl (C=O) groups excluding carboxylic acids is 1. The van der Waals surface area contributed by atoms with E-state index in [1.165, 1.54) is 7.11 Å². The third-order valence-corrected chi connectivity index (χ3v) is 2.76. The van der Waals surface area contributed by atoms with Gasteiger partial charge in [-0.25, -0.2) is 0 Å². The zero-order chi connectivity index (χ0) is 12.8. The Morgan fingerprint density at radius 3 is 2.76 bits per heavy atom. The van der Waals surface area contributed by atoms with Gasteiger partial charge in [-0.1, -0.05) is 0 Å². The fraction of sp³-hybridized carbons (Fsp3) is 0.333. The van der Waals surface area contributed by atoms with E-state index in [0.717, 1.165) is 0 Å². The van der Waals surface area contributed by atoms with E-state index in [1.807, 2.05) is 6.07 Å². The van der Waals surface area contributed by atoms with E-state index >= 15 is 0 Å². The molecule has 4 nitrogen and oxygen atoms in total. The number of hydrogen-bond acceptors (Lipinski definition) is 4. The van der Waals surface area contributed by atoms with Gasteiger partial charge in [-0.3, -0.25) is 4.79 Å². The van der Waals surface area contributed by atoms with Crippen LogP contribution in [0, 0.1) is 11.3 Å². The smallest absolute Gasteiger partial charge is 0.310 e. The minimum Gasteiger partial charge on any atom is -0.496 e. The van der Waals surface area contributed by atoms with Crippen LogP contribution in [0.25, 0.3) is 0 Å². The van der Waals surface area contributed by atoms with Gasteiger partial charge in [0, 0.05) is 0 Å². The first-order chi connectivity index (χ1) is 8.12. The molecule has 0 amide bonds. The summed E-state index contributed by atoms with van der Waals surface area (Å²) in [5.41, 5.74) is 1.04. The van der Waals surface area contributed by atoms with Gasteiger partial charge in [0.25, 0.3) is 0 Å². The zero-order valence-corrected chi connectivity index (χ0v) is 11.2. The lowest BCUT2D eigenvalue weighted by molar-refractivity contribution is -0.142. The third kappa shape index (κ3) is 3.46. The van der Waals surface area contributed by atoms with E-state index in [2.05, 4.69) is 15.9 Å². The maximum absolute atomic E-state index is 11.4. The molecular formula is C12H12BrNO3. The Labute approximate surface area is 108 Å². The molecule has 5 heteroatoms. The van der Waals surface area contributed by atoms with Gasteiger partial charge in [-0.2, -0.15) is 5.26 Å². The van der Waals surface area contributed by atoms with Crippen molar-refractivity contribution < 1.29 is 14.3 Å². The molecule has 0 radical (unpaired) electrons. The Kier molecular flexibility index (Phi) is 4.98. The minimum absolute atomic E-state index is 0.0698. The molecule has 1 rings (SSSR count). The highest BCUT2D eigenvalue weighted by Gasteiger charge is 2.12. The molecule has 90 valence electrons. The van der Waals surface area contributed by atoms with Crippen molar-refractivity contribution in [2.45, 2.75) is 13.3 Å². The molecule has 0 saturated carbocycles. The number of halogens is 1. The van der Waals surface area contributed by atoms with Crippen LogP contribution in [0.2, 0.25) is 0 Å². The summed E-state index contributed by atoms with van der Waals surface area (Å²) in [4.78, 5) is 11.4. The summed E-state index contributed by atoms with van der Waals surface area (Å²) in [7, 11) is 1.53. The first-order valence-electron chi connectivity index (χ1n) is 5.04. The van der Waals surface area contributed by atoms with E-state index in [0.29, 0.717) is 28.0 Å². The third-order valence-electron chi connectivity index (χ3n) is 2.14. The average molecular weight is 298 g/mol. The quantitative estimate of drug-likeness (QED) is 0.801. The molecule has 1 aromatic rings. The fourth-order valence-electron chi connectivity index (χ4n) is 1.37. The second-order valence-corrected chi connectivity index (χ2v) is 4.09. The molecule has 0 bridgehead atoms. The van der Waals surface area contributed by atoms with E-state index in [4.69, 9.17) is 14.7 Å². The molecule has 0 aliphatic carbocycles. The normalized spacial score (nSPS) is 9.53. The molecule has 0 aliphatic rings. The van der Waals surface area contributed by atoms with Gasteiger partial charge in [0.05, 0.1) is 36.2 Å². The van der Waals surface area contributed by atoms with Crippen molar-refractivity contribution in [1.29, 1.82) is 5.26 Å². The van der Waals surface area contributed by atoms with Crippen LogP contribution < -0.4 is 4.74 Å². The van der Waals surface area contributed by atoms with Gasteiger partial charge in [0.15, 0.2) is 0 Å². The number of ether oxygens (including phenoxy) is 2. The fourth-order valence-corrected chi connectivity index (χ4v) is 1.88. The van der Waals surface area contributed by atoms with Crippen molar-refractivity contribution in [3.05, 3.63) is 27.7 Å². The highest BCUT2D eigenvalue weighted by atomic mass is 79.9. The van der Waals surface area contributed by atoms with Crippen molar-refractivity contribution in [2.24, 2.45) is 0 Å². The van der Waals surface area contributed by atoms with E-state index in [9.17, 15) is 4.79 Å². The maximum Gasteiger partial charge on any atom is 0.310 e. The van der Waals surface area contributed by atoms with Crippen LogP contribution in [0.1, 0.15) is 18.1 Å². The van der Waals surface area contributed by atoms with Gasteiger partial charge >= 0.3 is 5.97 Å². The summed E-state index contributed by atoms with van der Waals surface area (Å²) in [6.07, 6.45) is 0.0698. The van der Waals surface area contributed by atoms with Crippen molar-refractivity contribution in [2.75, 3.05) is 13.7 Å². The Balaban J connectivity index is 3.05. The molecule has 0 atom stereocenters. The Morgan fingerprint density at radius 2 is 2.24 bits per heavy atom. The van der Waals surface area contributed by atoms with Gasteiger partial charge in [0.2, 0.25) is 0 Å².